The van der Waals surface area contributed by atoms with E-state index in [1.54, 1.807) is 26.4 Å². The van der Waals surface area contributed by atoms with Crippen molar-refractivity contribution in [1.29, 1.82) is 0 Å². The van der Waals surface area contributed by atoms with Crippen LogP contribution >= 0.6 is 11.6 Å². The van der Waals surface area contributed by atoms with Crippen molar-refractivity contribution < 1.29 is 19.0 Å². The van der Waals surface area contributed by atoms with Crippen LogP contribution in [-0.4, -0.2) is 32.8 Å². The van der Waals surface area contributed by atoms with Gasteiger partial charge in [-0.15, -0.1) is 0 Å². The van der Waals surface area contributed by atoms with E-state index in [0.717, 1.165) is 43.4 Å². The lowest BCUT2D eigenvalue weighted by atomic mass is 9.68. The van der Waals surface area contributed by atoms with Crippen molar-refractivity contribution in [2.24, 2.45) is 0 Å². The van der Waals surface area contributed by atoms with E-state index >= 15 is 0 Å². The summed E-state index contributed by atoms with van der Waals surface area (Å²) < 4.78 is 16.2. The lowest BCUT2D eigenvalue weighted by molar-refractivity contribution is -0.122. The summed E-state index contributed by atoms with van der Waals surface area (Å²) in [4.78, 5) is 13.5. The molecule has 3 rings (SSSR count). The number of ether oxygens (including phenoxy) is 3. The number of anilines is 1. The zero-order valence-electron chi connectivity index (χ0n) is 17.9. The monoisotopic (exact) mass is 431 g/mol. The molecule has 1 atom stereocenters. The van der Waals surface area contributed by atoms with Gasteiger partial charge in [-0.3, -0.25) is 4.79 Å². The average molecular weight is 432 g/mol. The highest BCUT2D eigenvalue weighted by molar-refractivity contribution is 6.32. The molecule has 1 aliphatic rings. The highest BCUT2D eigenvalue weighted by Gasteiger charge is 2.41. The van der Waals surface area contributed by atoms with Gasteiger partial charge in [0, 0.05) is 12.8 Å². The van der Waals surface area contributed by atoms with Gasteiger partial charge in [-0.1, -0.05) is 43.0 Å². The third kappa shape index (κ3) is 5.08. The molecule has 1 fully saturated rings. The minimum Gasteiger partial charge on any atom is -0.497 e. The molecule has 2 aromatic carbocycles. The Morgan fingerprint density at radius 3 is 2.40 bits per heavy atom. The third-order valence-electron chi connectivity index (χ3n) is 5.70. The normalized spacial score (nSPS) is 16.5. The van der Waals surface area contributed by atoms with Gasteiger partial charge in [0.05, 0.1) is 24.2 Å². The van der Waals surface area contributed by atoms with Gasteiger partial charge < -0.3 is 19.5 Å². The first kappa shape index (κ1) is 22.4. The molecule has 1 amide bonds. The summed E-state index contributed by atoms with van der Waals surface area (Å²) in [6, 6.07) is 13.2. The molecule has 0 heterocycles. The Morgan fingerprint density at radius 1 is 1.10 bits per heavy atom. The maximum atomic E-state index is 13.5. The second-order valence-corrected chi connectivity index (χ2v) is 8.26. The van der Waals surface area contributed by atoms with Gasteiger partial charge in [0.15, 0.2) is 0 Å². The number of methoxy groups -OCH3 is 2. The third-order valence-corrected chi connectivity index (χ3v) is 6.00. The number of benzene rings is 2. The molecule has 6 heteroatoms. The SMILES string of the molecule is COCC(C)Oc1ccc(NC(=O)C2(c3ccc(OC)cc3)CCCCC2)cc1Cl. The first-order chi connectivity index (χ1) is 14.5. The molecule has 0 spiro atoms. The fraction of sp³-hybridized carbons (Fsp3) is 0.458. The van der Waals surface area contributed by atoms with Gasteiger partial charge in [0.25, 0.3) is 0 Å². The number of hydrogen-bond acceptors (Lipinski definition) is 4. The lowest BCUT2D eigenvalue weighted by Gasteiger charge is -2.36. The Balaban J connectivity index is 1.79. The van der Waals surface area contributed by atoms with Crippen LogP contribution in [-0.2, 0) is 14.9 Å². The molecule has 1 N–H and O–H groups in total. The van der Waals surface area contributed by atoms with Gasteiger partial charge in [0.1, 0.15) is 17.6 Å². The quantitative estimate of drug-likeness (QED) is 0.590. The Morgan fingerprint density at radius 2 is 1.80 bits per heavy atom. The molecule has 1 saturated carbocycles. The standard InChI is InChI=1S/C24H30ClNO4/c1-17(16-28-2)30-22-12-9-19(15-21(22)25)26-23(27)24(13-5-4-6-14-24)18-7-10-20(29-3)11-8-18/h7-12,15,17H,4-6,13-14,16H2,1-3H3,(H,26,27). The van der Waals surface area contributed by atoms with Gasteiger partial charge in [-0.2, -0.15) is 0 Å². The van der Waals surface area contributed by atoms with Crippen LogP contribution in [0.4, 0.5) is 5.69 Å². The van der Waals surface area contributed by atoms with Crippen LogP contribution in [0.5, 0.6) is 11.5 Å². The molecular formula is C24H30ClNO4. The second kappa shape index (κ2) is 10.2. The minimum atomic E-state index is -0.543. The van der Waals surface area contributed by atoms with E-state index in [-0.39, 0.29) is 12.0 Å². The van der Waals surface area contributed by atoms with Crippen LogP contribution in [0.15, 0.2) is 42.5 Å². The summed E-state index contributed by atoms with van der Waals surface area (Å²) in [5.41, 5.74) is 1.15. The highest BCUT2D eigenvalue weighted by Crippen LogP contribution is 2.41. The molecule has 30 heavy (non-hydrogen) atoms. The largest absolute Gasteiger partial charge is 0.497 e. The molecular weight excluding hydrogens is 402 g/mol. The highest BCUT2D eigenvalue weighted by atomic mass is 35.5. The van der Waals surface area contributed by atoms with E-state index in [1.807, 2.05) is 37.3 Å². The Kier molecular flexibility index (Phi) is 7.62. The number of rotatable bonds is 8. The van der Waals surface area contributed by atoms with E-state index in [2.05, 4.69) is 5.32 Å². The Labute approximate surface area is 183 Å². The second-order valence-electron chi connectivity index (χ2n) is 7.85. The van der Waals surface area contributed by atoms with E-state index in [1.165, 1.54) is 0 Å². The molecule has 1 aliphatic carbocycles. The van der Waals surface area contributed by atoms with Crippen molar-refractivity contribution in [2.45, 2.75) is 50.5 Å². The fourth-order valence-electron chi connectivity index (χ4n) is 4.12. The minimum absolute atomic E-state index is 0.00449. The summed E-state index contributed by atoms with van der Waals surface area (Å²) in [6.07, 6.45) is 4.76. The van der Waals surface area contributed by atoms with Crippen molar-refractivity contribution in [1.82, 2.24) is 0 Å². The summed E-state index contributed by atoms with van der Waals surface area (Å²) in [5.74, 6) is 1.36. The predicted octanol–water partition coefficient (Wildman–Crippen LogP) is 5.60. The zero-order valence-corrected chi connectivity index (χ0v) is 18.6. The van der Waals surface area contributed by atoms with Crippen LogP contribution in [0.1, 0.15) is 44.6 Å². The number of hydrogen-bond donors (Lipinski definition) is 1. The van der Waals surface area contributed by atoms with Crippen LogP contribution in [0.2, 0.25) is 5.02 Å². The first-order valence-electron chi connectivity index (χ1n) is 10.4. The maximum Gasteiger partial charge on any atom is 0.235 e. The van der Waals surface area contributed by atoms with E-state index in [0.29, 0.717) is 23.1 Å². The van der Waals surface area contributed by atoms with E-state index in [4.69, 9.17) is 25.8 Å². The zero-order chi connectivity index (χ0) is 21.6. The summed E-state index contributed by atoms with van der Waals surface area (Å²) in [6.45, 7) is 2.39. The van der Waals surface area contributed by atoms with Crippen LogP contribution < -0.4 is 14.8 Å². The van der Waals surface area contributed by atoms with Crippen LogP contribution in [0, 0.1) is 0 Å². The number of carbonyl (C=O) groups is 1. The number of nitrogens with one attached hydrogen (secondary N) is 1. The van der Waals surface area contributed by atoms with Crippen LogP contribution in [0.25, 0.3) is 0 Å². The molecule has 0 radical (unpaired) electrons. The topological polar surface area (TPSA) is 56.8 Å². The van der Waals surface area contributed by atoms with Gasteiger partial charge in [-0.25, -0.2) is 0 Å². The molecule has 0 bridgehead atoms. The number of amides is 1. The Bertz CT molecular complexity index is 847. The molecule has 1 unspecified atom stereocenters. The van der Waals surface area contributed by atoms with Crippen molar-refractivity contribution in [3.05, 3.63) is 53.1 Å². The molecule has 5 nitrogen and oxygen atoms in total. The van der Waals surface area contributed by atoms with Crippen molar-refractivity contribution in [3.8, 4) is 11.5 Å². The van der Waals surface area contributed by atoms with Gasteiger partial charge >= 0.3 is 0 Å². The van der Waals surface area contributed by atoms with E-state index in [9.17, 15) is 4.79 Å². The molecule has 2 aromatic rings. The smallest absolute Gasteiger partial charge is 0.235 e. The molecule has 0 aromatic heterocycles. The molecule has 0 aliphatic heterocycles. The van der Waals surface area contributed by atoms with Gasteiger partial charge in [0.2, 0.25) is 5.91 Å². The summed E-state index contributed by atoms with van der Waals surface area (Å²) >= 11 is 6.40. The first-order valence-corrected chi connectivity index (χ1v) is 10.8. The lowest BCUT2D eigenvalue weighted by Crippen LogP contribution is -2.42. The number of halogens is 1. The predicted molar refractivity (Wildman–Crippen MR) is 120 cm³/mol. The molecule has 162 valence electrons. The maximum absolute atomic E-state index is 13.5. The van der Waals surface area contributed by atoms with Crippen molar-refractivity contribution >= 4 is 23.2 Å². The number of carbonyl (C=O) groups excluding carboxylic acids is 1. The van der Waals surface area contributed by atoms with E-state index < -0.39 is 5.41 Å². The average Bonchev–Trinajstić information content (AvgIpc) is 2.76. The Hall–Kier alpha value is -2.24. The fourth-order valence-corrected chi connectivity index (χ4v) is 4.35. The molecule has 0 saturated heterocycles. The van der Waals surface area contributed by atoms with Crippen LogP contribution in [0.3, 0.4) is 0 Å². The van der Waals surface area contributed by atoms with Crippen molar-refractivity contribution in [3.63, 3.8) is 0 Å². The van der Waals surface area contributed by atoms with Gasteiger partial charge in [-0.05, 0) is 55.7 Å². The summed E-state index contributed by atoms with van der Waals surface area (Å²) in [7, 11) is 3.27. The van der Waals surface area contributed by atoms with Crippen molar-refractivity contribution in [2.75, 3.05) is 26.1 Å². The summed E-state index contributed by atoms with van der Waals surface area (Å²) in [5, 5.41) is 3.55.